The summed E-state index contributed by atoms with van der Waals surface area (Å²) in [6, 6.07) is 0.487. The van der Waals surface area contributed by atoms with Gasteiger partial charge >= 0.3 is 0 Å². The maximum Gasteiger partial charge on any atom is 0.222 e. The molecule has 0 amide bonds. The lowest BCUT2D eigenvalue weighted by atomic mass is 10.1. The molecule has 3 heterocycles. The van der Waals surface area contributed by atoms with E-state index in [2.05, 4.69) is 34.0 Å². The molecule has 0 unspecified atom stereocenters. The fourth-order valence-corrected chi connectivity index (χ4v) is 2.75. The molecule has 3 rings (SSSR count). The maximum absolute atomic E-state index is 5.88. The van der Waals surface area contributed by atoms with Crippen molar-refractivity contribution in [3.8, 4) is 0 Å². The van der Waals surface area contributed by atoms with Crippen molar-refractivity contribution in [2.45, 2.75) is 32.2 Å². The average molecular weight is 275 g/mol. The Balaban J connectivity index is 2.07. The summed E-state index contributed by atoms with van der Waals surface area (Å²) in [4.78, 5) is 11.0. The fraction of sp³-hybridized carbons (Fsp3) is 0.571. The van der Waals surface area contributed by atoms with E-state index in [0.29, 0.717) is 17.9 Å². The molecule has 3 N–H and O–H groups in total. The first kappa shape index (κ1) is 13.2. The Morgan fingerprint density at radius 1 is 1.45 bits per heavy atom. The van der Waals surface area contributed by atoms with Crippen LogP contribution in [0.4, 0.5) is 11.8 Å². The smallest absolute Gasteiger partial charge is 0.222 e. The molecule has 0 saturated carbocycles. The van der Waals surface area contributed by atoms with Gasteiger partial charge in [-0.1, -0.05) is 13.8 Å². The van der Waals surface area contributed by atoms with Gasteiger partial charge in [-0.25, -0.2) is 4.98 Å². The molecule has 0 radical (unpaired) electrons. The lowest BCUT2D eigenvalue weighted by Gasteiger charge is -2.17. The Hall–Kier alpha value is -1.82. The van der Waals surface area contributed by atoms with E-state index < -0.39 is 0 Å². The predicted molar refractivity (Wildman–Crippen MR) is 80.0 cm³/mol. The third-order valence-corrected chi connectivity index (χ3v) is 3.96. The maximum atomic E-state index is 5.88. The van der Waals surface area contributed by atoms with Gasteiger partial charge in [-0.15, -0.1) is 0 Å². The number of nitrogen functional groups attached to an aromatic ring is 1. The van der Waals surface area contributed by atoms with Crippen LogP contribution in [0.5, 0.6) is 0 Å². The lowest BCUT2D eigenvalue weighted by Crippen LogP contribution is -2.30. The minimum Gasteiger partial charge on any atom is -0.458 e. The number of aromatic nitrogens is 2. The number of hydrogen-bond acceptors (Lipinski definition) is 6. The largest absolute Gasteiger partial charge is 0.458 e. The summed E-state index contributed by atoms with van der Waals surface area (Å²) in [5.41, 5.74) is 8.56. The number of rotatable bonds is 3. The van der Waals surface area contributed by atoms with Gasteiger partial charge in [-0.05, 0) is 19.4 Å². The Bertz CT molecular complexity index is 621. The molecule has 6 nitrogen and oxygen atoms in total. The highest BCUT2D eigenvalue weighted by Gasteiger charge is 2.26. The van der Waals surface area contributed by atoms with E-state index in [-0.39, 0.29) is 0 Å². The Morgan fingerprint density at radius 3 is 2.90 bits per heavy atom. The standard InChI is InChI=1S/C14H21N5O/c1-8(2)10-7-20-12-11(10)17-14(15)18-13(12)19-5-4-9(6-19)16-3/h7-9,16H,4-6H2,1-3H3,(H2,15,17,18)/t9-/m1/s1. The molecular weight excluding hydrogens is 254 g/mol. The van der Waals surface area contributed by atoms with Crippen molar-refractivity contribution in [2.24, 2.45) is 0 Å². The number of furan rings is 1. The average Bonchev–Trinajstić information content (AvgIpc) is 3.03. The molecule has 6 heteroatoms. The van der Waals surface area contributed by atoms with Crippen LogP contribution < -0.4 is 16.0 Å². The highest BCUT2D eigenvalue weighted by Crippen LogP contribution is 2.33. The fourth-order valence-electron chi connectivity index (χ4n) is 2.75. The highest BCUT2D eigenvalue weighted by atomic mass is 16.3. The van der Waals surface area contributed by atoms with Crippen LogP contribution in [0.25, 0.3) is 11.1 Å². The number of nitrogens with two attached hydrogens (primary N) is 1. The summed E-state index contributed by atoms with van der Waals surface area (Å²) in [5, 5.41) is 3.30. The zero-order valence-corrected chi connectivity index (χ0v) is 12.2. The van der Waals surface area contributed by atoms with E-state index in [9.17, 15) is 0 Å². The third-order valence-electron chi connectivity index (χ3n) is 3.96. The van der Waals surface area contributed by atoms with Gasteiger partial charge in [0.25, 0.3) is 0 Å². The Labute approximate surface area is 118 Å². The Morgan fingerprint density at radius 2 is 2.25 bits per heavy atom. The quantitative estimate of drug-likeness (QED) is 0.888. The molecule has 1 aliphatic rings. The summed E-state index contributed by atoms with van der Waals surface area (Å²) in [6.07, 6.45) is 2.87. The van der Waals surface area contributed by atoms with Gasteiger partial charge in [-0.3, -0.25) is 0 Å². The van der Waals surface area contributed by atoms with Gasteiger partial charge in [0.2, 0.25) is 5.95 Å². The van der Waals surface area contributed by atoms with E-state index >= 15 is 0 Å². The second-order valence-corrected chi connectivity index (χ2v) is 5.65. The van der Waals surface area contributed by atoms with E-state index in [4.69, 9.17) is 10.2 Å². The summed E-state index contributed by atoms with van der Waals surface area (Å²) < 4.78 is 5.74. The summed E-state index contributed by atoms with van der Waals surface area (Å²) in [7, 11) is 1.99. The van der Waals surface area contributed by atoms with Crippen molar-refractivity contribution >= 4 is 22.9 Å². The van der Waals surface area contributed by atoms with E-state index in [1.807, 2.05) is 7.05 Å². The van der Waals surface area contributed by atoms with Crippen LogP contribution in [-0.2, 0) is 0 Å². The molecule has 0 aromatic carbocycles. The van der Waals surface area contributed by atoms with Crippen molar-refractivity contribution in [3.63, 3.8) is 0 Å². The number of nitrogens with zero attached hydrogens (tertiary/aromatic N) is 3. The van der Waals surface area contributed by atoms with Crippen molar-refractivity contribution in [1.29, 1.82) is 0 Å². The molecule has 1 atom stereocenters. The first-order valence-electron chi connectivity index (χ1n) is 7.07. The first-order valence-corrected chi connectivity index (χ1v) is 7.07. The van der Waals surface area contributed by atoms with E-state index in [1.54, 1.807) is 6.26 Å². The molecule has 1 saturated heterocycles. The summed E-state index contributed by atoms with van der Waals surface area (Å²) in [6.45, 7) is 6.11. The molecule has 2 aromatic rings. The molecule has 0 spiro atoms. The number of nitrogens with one attached hydrogen (secondary N) is 1. The SMILES string of the molecule is CN[C@@H]1CCN(c2nc(N)nc3c(C(C)C)coc23)C1. The molecule has 20 heavy (non-hydrogen) atoms. The zero-order chi connectivity index (χ0) is 14.3. The van der Waals surface area contributed by atoms with E-state index in [0.717, 1.165) is 42.0 Å². The van der Waals surface area contributed by atoms with Crippen molar-refractivity contribution < 1.29 is 4.42 Å². The van der Waals surface area contributed by atoms with Gasteiger partial charge in [0, 0.05) is 24.7 Å². The minimum absolute atomic E-state index is 0.309. The van der Waals surface area contributed by atoms with Gasteiger partial charge in [-0.2, -0.15) is 4.98 Å². The number of hydrogen-bond donors (Lipinski definition) is 2. The molecule has 108 valence electrons. The van der Waals surface area contributed by atoms with Crippen LogP contribution in [0, 0.1) is 0 Å². The second kappa shape index (κ2) is 4.94. The molecule has 0 bridgehead atoms. The van der Waals surface area contributed by atoms with Gasteiger partial charge in [0.05, 0.1) is 6.26 Å². The van der Waals surface area contributed by atoms with Crippen LogP contribution in [0.1, 0.15) is 31.7 Å². The van der Waals surface area contributed by atoms with Crippen molar-refractivity contribution in [1.82, 2.24) is 15.3 Å². The van der Waals surface area contributed by atoms with Crippen LogP contribution in [0.15, 0.2) is 10.7 Å². The molecule has 0 aliphatic carbocycles. The Kier molecular flexibility index (Phi) is 3.25. The van der Waals surface area contributed by atoms with Gasteiger partial charge < -0.3 is 20.4 Å². The summed E-state index contributed by atoms with van der Waals surface area (Å²) >= 11 is 0. The molecule has 1 fully saturated rings. The van der Waals surface area contributed by atoms with Crippen LogP contribution >= 0.6 is 0 Å². The topological polar surface area (TPSA) is 80.2 Å². The zero-order valence-electron chi connectivity index (χ0n) is 12.2. The predicted octanol–water partition coefficient (Wildman–Crippen LogP) is 1.73. The second-order valence-electron chi connectivity index (χ2n) is 5.65. The monoisotopic (exact) mass is 275 g/mol. The molecule has 2 aromatic heterocycles. The highest BCUT2D eigenvalue weighted by molar-refractivity contribution is 5.88. The summed E-state index contributed by atoms with van der Waals surface area (Å²) in [5.74, 6) is 1.47. The van der Waals surface area contributed by atoms with Gasteiger partial charge in [0.15, 0.2) is 11.4 Å². The number of anilines is 2. The van der Waals surface area contributed by atoms with E-state index in [1.165, 1.54) is 0 Å². The first-order chi connectivity index (χ1) is 9.60. The van der Waals surface area contributed by atoms with Crippen molar-refractivity contribution in [2.75, 3.05) is 30.8 Å². The van der Waals surface area contributed by atoms with Crippen molar-refractivity contribution in [3.05, 3.63) is 11.8 Å². The lowest BCUT2D eigenvalue weighted by molar-refractivity contribution is 0.601. The minimum atomic E-state index is 0.309. The van der Waals surface area contributed by atoms with Crippen LogP contribution in [-0.4, -0.2) is 36.1 Å². The third kappa shape index (κ3) is 2.10. The van der Waals surface area contributed by atoms with Gasteiger partial charge in [0.1, 0.15) is 5.52 Å². The molecule has 1 aliphatic heterocycles. The number of fused-ring (bicyclic) bond motifs is 1. The number of likely N-dealkylation sites (N-methyl/N-ethyl adjacent to an activating group) is 1. The van der Waals surface area contributed by atoms with Crippen LogP contribution in [0.2, 0.25) is 0 Å². The normalized spacial score (nSPS) is 19.4. The van der Waals surface area contributed by atoms with Crippen LogP contribution in [0.3, 0.4) is 0 Å². The molecular formula is C14H21N5O.